The van der Waals surface area contributed by atoms with Crippen LogP contribution in [0.4, 0.5) is 0 Å². The van der Waals surface area contributed by atoms with Gasteiger partial charge in [-0.1, -0.05) is 13.0 Å². The fraction of sp³-hybridized carbons (Fsp3) is 0.464. The summed E-state index contributed by atoms with van der Waals surface area (Å²) in [5.41, 5.74) is 3.41. The van der Waals surface area contributed by atoms with Crippen molar-refractivity contribution in [1.29, 1.82) is 0 Å². The molecule has 3 aromatic heterocycles. The Morgan fingerprint density at radius 3 is 2.64 bits per heavy atom. The first-order valence-electron chi connectivity index (χ1n) is 12.8. The number of carbonyl (C=O) groups is 1. The summed E-state index contributed by atoms with van der Waals surface area (Å²) < 4.78 is 8.55. The zero-order chi connectivity index (χ0) is 25.6. The third kappa shape index (κ3) is 4.46. The summed E-state index contributed by atoms with van der Waals surface area (Å²) in [5.74, 6) is 2.07. The summed E-state index contributed by atoms with van der Waals surface area (Å²) in [5, 5.41) is 23.1. The molecule has 1 amide bonds. The van der Waals surface area contributed by atoms with Crippen LogP contribution >= 0.6 is 0 Å². The number of H-pyrrole nitrogens is 1. The molecule has 1 fully saturated rings. The number of benzene rings is 1. The van der Waals surface area contributed by atoms with Crippen molar-refractivity contribution < 1.29 is 14.6 Å². The van der Waals surface area contributed by atoms with Crippen LogP contribution in [-0.4, -0.2) is 43.2 Å². The Morgan fingerprint density at radius 1 is 1.19 bits per heavy atom. The number of fused-ring (bicyclic) bond motifs is 3. The van der Waals surface area contributed by atoms with Crippen LogP contribution in [-0.2, 0) is 5.60 Å². The maximum absolute atomic E-state index is 12.7. The highest BCUT2D eigenvalue weighted by Gasteiger charge is 2.25. The molecule has 1 saturated carbocycles. The summed E-state index contributed by atoms with van der Waals surface area (Å²) >= 11 is 0. The normalized spacial score (nSPS) is 18.6. The van der Waals surface area contributed by atoms with Gasteiger partial charge in [-0.25, -0.2) is 0 Å². The molecule has 1 aromatic carbocycles. The van der Waals surface area contributed by atoms with Gasteiger partial charge in [-0.2, -0.15) is 0 Å². The van der Waals surface area contributed by atoms with Crippen LogP contribution in [0.1, 0.15) is 75.3 Å². The topological polar surface area (TPSA) is 105 Å². The molecule has 3 heterocycles. The zero-order valence-corrected chi connectivity index (χ0v) is 21.7. The Kier molecular flexibility index (Phi) is 6.24. The van der Waals surface area contributed by atoms with Gasteiger partial charge in [-0.15, -0.1) is 10.2 Å². The average molecular weight is 490 g/mol. The highest BCUT2D eigenvalue weighted by Crippen LogP contribution is 2.40. The highest BCUT2D eigenvalue weighted by molar-refractivity contribution is 6.07. The van der Waals surface area contributed by atoms with Crippen molar-refractivity contribution in [2.24, 2.45) is 5.92 Å². The van der Waals surface area contributed by atoms with E-state index in [0.29, 0.717) is 17.9 Å². The van der Waals surface area contributed by atoms with E-state index >= 15 is 0 Å². The number of amides is 1. The van der Waals surface area contributed by atoms with E-state index in [1.807, 2.05) is 48.7 Å². The Morgan fingerprint density at radius 2 is 1.94 bits per heavy atom. The predicted octanol–water partition coefficient (Wildman–Crippen LogP) is 5.12. The molecule has 8 nitrogen and oxygen atoms in total. The largest absolute Gasteiger partial charge is 0.490 e. The number of pyridine rings is 1. The smallest absolute Gasteiger partial charge is 0.267 e. The molecule has 0 spiro atoms. The molecule has 0 bridgehead atoms. The van der Waals surface area contributed by atoms with Crippen LogP contribution in [0.5, 0.6) is 5.75 Å². The molecule has 5 rings (SSSR count). The number of aliphatic hydroxyl groups is 1. The molecule has 0 atom stereocenters. The summed E-state index contributed by atoms with van der Waals surface area (Å²) in [6, 6.07) is 7.71. The number of nitrogens with one attached hydrogen (secondary N) is 2. The number of ether oxygens (including phenoxy) is 1. The maximum Gasteiger partial charge on any atom is 0.267 e. The Bertz CT molecular complexity index is 1420. The van der Waals surface area contributed by atoms with E-state index in [9.17, 15) is 9.90 Å². The van der Waals surface area contributed by atoms with E-state index in [1.165, 1.54) is 0 Å². The Balaban J connectivity index is 1.72. The molecular weight excluding hydrogens is 454 g/mol. The fourth-order valence-electron chi connectivity index (χ4n) is 5.08. The number of carbonyl (C=O) groups excluding carboxylic acids is 1. The second-order valence-electron chi connectivity index (χ2n) is 10.6. The maximum atomic E-state index is 12.7. The SMILES string of the molecule is CCNC(=O)c1cc2c([nH]1)c(-c1cc(C(C)(C)O)ccc1OC1CCC(C)CC1)cn1c(C)nnc21. The van der Waals surface area contributed by atoms with Crippen LogP contribution in [0.3, 0.4) is 0 Å². The van der Waals surface area contributed by atoms with Crippen LogP contribution in [0, 0.1) is 12.8 Å². The molecular formula is C28H35N5O3. The second kappa shape index (κ2) is 9.24. The lowest BCUT2D eigenvalue weighted by Gasteiger charge is -2.28. The lowest BCUT2D eigenvalue weighted by molar-refractivity contribution is 0.0784. The molecule has 8 heteroatoms. The van der Waals surface area contributed by atoms with Crippen LogP contribution < -0.4 is 10.1 Å². The van der Waals surface area contributed by atoms with Gasteiger partial charge < -0.3 is 20.1 Å². The molecule has 4 aromatic rings. The van der Waals surface area contributed by atoms with E-state index in [2.05, 4.69) is 27.4 Å². The monoisotopic (exact) mass is 489 g/mol. The van der Waals surface area contributed by atoms with Gasteiger partial charge in [0.15, 0.2) is 5.65 Å². The highest BCUT2D eigenvalue weighted by atomic mass is 16.5. The van der Waals surface area contributed by atoms with Gasteiger partial charge >= 0.3 is 0 Å². The van der Waals surface area contributed by atoms with E-state index in [4.69, 9.17) is 4.74 Å². The lowest BCUT2D eigenvalue weighted by Crippen LogP contribution is -2.23. The minimum Gasteiger partial charge on any atom is -0.490 e. The molecule has 190 valence electrons. The van der Waals surface area contributed by atoms with Gasteiger partial charge in [-0.3, -0.25) is 9.20 Å². The van der Waals surface area contributed by atoms with E-state index in [0.717, 1.165) is 70.8 Å². The molecule has 0 unspecified atom stereocenters. The third-order valence-corrected chi connectivity index (χ3v) is 7.27. The molecule has 1 aliphatic rings. The standard InChI is InChI=1S/C28H35N5O3/c1-6-29-27(34)23-14-21-25(30-23)22(15-33-17(3)31-32-26(21)33)20-13-18(28(4,5)35)9-12-24(20)36-19-10-7-16(2)8-11-19/h9,12-16,19,30,35H,6-8,10-11H2,1-5H3,(H,29,34). The van der Waals surface area contributed by atoms with Crippen LogP contribution in [0.25, 0.3) is 27.7 Å². The minimum absolute atomic E-state index is 0.151. The van der Waals surface area contributed by atoms with Crippen molar-refractivity contribution in [3.63, 3.8) is 0 Å². The average Bonchev–Trinajstić information content (AvgIpc) is 3.44. The molecule has 3 N–H and O–H groups in total. The molecule has 0 saturated heterocycles. The summed E-state index contributed by atoms with van der Waals surface area (Å²) in [6.45, 7) is 10.2. The van der Waals surface area contributed by atoms with Crippen molar-refractivity contribution in [2.45, 2.75) is 72.0 Å². The van der Waals surface area contributed by atoms with Gasteiger partial charge in [0.1, 0.15) is 17.3 Å². The number of aryl methyl sites for hydroxylation is 1. The second-order valence-corrected chi connectivity index (χ2v) is 10.6. The summed E-state index contributed by atoms with van der Waals surface area (Å²) in [4.78, 5) is 16.0. The van der Waals surface area contributed by atoms with Crippen molar-refractivity contribution in [2.75, 3.05) is 6.54 Å². The quantitative estimate of drug-likeness (QED) is 0.349. The Hall–Kier alpha value is -3.39. The molecule has 0 aliphatic heterocycles. The van der Waals surface area contributed by atoms with Gasteiger partial charge in [0.05, 0.1) is 17.2 Å². The van der Waals surface area contributed by atoms with Crippen LogP contribution in [0.2, 0.25) is 0 Å². The van der Waals surface area contributed by atoms with E-state index < -0.39 is 5.60 Å². The van der Waals surface area contributed by atoms with Gasteiger partial charge in [-0.05, 0) is 83.1 Å². The van der Waals surface area contributed by atoms with E-state index in [-0.39, 0.29) is 12.0 Å². The van der Waals surface area contributed by atoms with Crippen molar-refractivity contribution in [3.8, 4) is 16.9 Å². The lowest BCUT2D eigenvalue weighted by atomic mass is 9.88. The third-order valence-electron chi connectivity index (χ3n) is 7.27. The number of nitrogens with zero attached hydrogens (tertiary/aromatic N) is 3. The number of hydrogen-bond acceptors (Lipinski definition) is 5. The van der Waals surface area contributed by atoms with Gasteiger partial charge in [0.25, 0.3) is 5.91 Å². The van der Waals surface area contributed by atoms with Crippen LogP contribution in [0.15, 0.2) is 30.5 Å². The summed E-state index contributed by atoms with van der Waals surface area (Å²) in [7, 11) is 0. The number of aromatic nitrogens is 4. The Labute approximate surface area is 211 Å². The first-order chi connectivity index (χ1) is 17.2. The number of aromatic amines is 1. The number of hydrogen-bond donors (Lipinski definition) is 3. The fourth-order valence-corrected chi connectivity index (χ4v) is 5.08. The first-order valence-corrected chi connectivity index (χ1v) is 12.8. The molecule has 1 aliphatic carbocycles. The van der Waals surface area contributed by atoms with Crippen molar-refractivity contribution in [1.82, 2.24) is 24.9 Å². The van der Waals surface area contributed by atoms with Crippen molar-refractivity contribution in [3.05, 3.63) is 47.5 Å². The van der Waals surface area contributed by atoms with E-state index in [1.54, 1.807) is 13.8 Å². The van der Waals surface area contributed by atoms with Gasteiger partial charge in [0, 0.05) is 29.3 Å². The van der Waals surface area contributed by atoms with Gasteiger partial charge in [0.2, 0.25) is 0 Å². The number of rotatable bonds is 6. The predicted molar refractivity (Wildman–Crippen MR) is 140 cm³/mol. The zero-order valence-electron chi connectivity index (χ0n) is 21.7. The summed E-state index contributed by atoms with van der Waals surface area (Å²) in [6.07, 6.45) is 6.50. The minimum atomic E-state index is -1.02. The molecule has 0 radical (unpaired) electrons. The molecule has 36 heavy (non-hydrogen) atoms. The first kappa shape index (κ1) is 24.3. The van der Waals surface area contributed by atoms with Crippen molar-refractivity contribution >= 4 is 22.5 Å².